The van der Waals surface area contributed by atoms with Crippen LogP contribution in [-0.4, -0.2) is 64.7 Å². The highest BCUT2D eigenvalue weighted by molar-refractivity contribution is 7.99. The summed E-state index contributed by atoms with van der Waals surface area (Å²) in [6.07, 6.45) is -4.81. The van der Waals surface area contributed by atoms with Crippen LogP contribution in [0.5, 0.6) is 0 Å². The van der Waals surface area contributed by atoms with Crippen molar-refractivity contribution >= 4 is 29.7 Å². The first-order valence-corrected chi connectivity index (χ1v) is 11.5. The van der Waals surface area contributed by atoms with Crippen LogP contribution in [0.2, 0.25) is 0 Å². The van der Waals surface area contributed by atoms with Gasteiger partial charge >= 0.3 is 12.1 Å². The predicted molar refractivity (Wildman–Crippen MR) is 118 cm³/mol. The number of thioether (sulfide) groups is 1. The summed E-state index contributed by atoms with van der Waals surface area (Å²) >= 11 is 1.21. The number of amides is 2. The number of carboxylic acids is 1. The van der Waals surface area contributed by atoms with Gasteiger partial charge in [-0.3, -0.25) is 4.79 Å². The molecule has 174 valence electrons. The number of aliphatic carboxylic acids is 1. The molecule has 2 aliphatic rings. The van der Waals surface area contributed by atoms with Crippen LogP contribution in [0, 0.1) is 0 Å². The Balaban J connectivity index is 1.44. The number of fused-ring (bicyclic) bond motifs is 3. The van der Waals surface area contributed by atoms with Crippen molar-refractivity contribution in [3.8, 4) is 11.1 Å². The Hall–Kier alpha value is -3.14. The fraction of sp³-hybridized carbons (Fsp3) is 0.348. The topological polar surface area (TPSA) is 95.9 Å². The van der Waals surface area contributed by atoms with Crippen molar-refractivity contribution in [2.75, 3.05) is 18.2 Å². The van der Waals surface area contributed by atoms with E-state index in [1.165, 1.54) is 11.8 Å². The molecule has 1 fully saturated rings. The molecular formula is C23H22F2N2O5S. The number of nitrogens with zero attached hydrogens (tertiary/aromatic N) is 1. The van der Waals surface area contributed by atoms with Gasteiger partial charge in [-0.2, -0.15) is 0 Å². The van der Waals surface area contributed by atoms with E-state index < -0.39 is 42.9 Å². The van der Waals surface area contributed by atoms with E-state index in [1.54, 1.807) is 0 Å². The minimum atomic E-state index is -2.87. The zero-order chi connectivity index (χ0) is 23.5. The van der Waals surface area contributed by atoms with E-state index in [4.69, 9.17) is 4.74 Å². The minimum absolute atomic E-state index is 0.0350. The molecule has 0 radical (unpaired) electrons. The molecule has 1 aliphatic carbocycles. The second-order valence-electron chi connectivity index (χ2n) is 7.81. The van der Waals surface area contributed by atoms with Gasteiger partial charge in [-0.05, 0) is 22.3 Å². The van der Waals surface area contributed by atoms with Crippen molar-refractivity contribution in [1.29, 1.82) is 0 Å². The minimum Gasteiger partial charge on any atom is -0.480 e. The van der Waals surface area contributed by atoms with Crippen molar-refractivity contribution in [3.63, 3.8) is 0 Å². The Morgan fingerprint density at radius 2 is 1.70 bits per heavy atom. The summed E-state index contributed by atoms with van der Waals surface area (Å²) < 4.78 is 31.6. The van der Waals surface area contributed by atoms with Crippen LogP contribution in [0.25, 0.3) is 11.1 Å². The van der Waals surface area contributed by atoms with Crippen LogP contribution in [0.4, 0.5) is 13.6 Å². The molecular weight excluding hydrogens is 454 g/mol. The number of carbonyl (C=O) groups excluding carboxylic acids is 2. The Morgan fingerprint density at radius 3 is 2.27 bits per heavy atom. The summed E-state index contributed by atoms with van der Waals surface area (Å²) in [6, 6.07) is 12.8. The summed E-state index contributed by atoms with van der Waals surface area (Å²) in [5.41, 5.74) is 4.06. The highest BCUT2D eigenvalue weighted by atomic mass is 32.2. The molecule has 7 nitrogen and oxygen atoms in total. The lowest BCUT2D eigenvalue weighted by Gasteiger charge is -2.26. The van der Waals surface area contributed by atoms with Gasteiger partial charge in [0.2, 0.25) is 12.3 Å². The van der Waals surface area contributed by atoms with E-state index in [-0.39, 0.29) is 24.2 Å². The molecule has 1 saturated heterocycles. The maximum Gasteiger partial charge on any atom is 0.407 e. The smallest absolute Gasteiger partial charge is 0.407 e. The van der Waals surface area contributed by atoms with Crippen LogP contribution >= 0.6 is 11.8 Å². The van der Waals surface area contributed by atoms with Crippen molar-refractivity contribution in [1.82, 2.24) is 10.2 Å². The third-order valence-corrected chi connectivity index (χ3v) is 6.81. The third-order valence-electron chi connectivity index (χ3n) is 5.80. The maximum atomic E-state index is 13.1. The molecule has 1 heterocycles. The van der Waals surface area contributed by atoms with Crippen molar-refractivity contribution in [2.24, 2.45) is 0 Å². The molecule has 0 aromatic heterocycles. The third kappa shape index (κ3) is 4.80. The number of hydrogen-bond donors (Lipinski definition) is 2. The number of alkyl halides is 2. The number of benzene rings is 2. The van der Waals surface area contributed by atoms with Gasteiger partial charge in [0, 0.05) is 18.1 Å². The molecule has 0 bridgehead atoms. The highest BCUT2D eigenvalue weighted by Crippen LogP contribution is 2.44. The number of rotatable bonds is 7. The van der Waals surface area contributed by atoms with Gasteiger partial charge in [0.05, 0.1) is 5.88 Å². The van der Waals surface area contributed by atoms with Gasteiger partial charge in [-0.1, -0.05) is 48.5 Å². The molecule has 0 saturated carbocycles. The molecule has 0 spiro atoms. The second-order valence-corrected chi connectivity index (χ2v) is 8.81. The van der Waals surface area contributed by atoms with E-state index in [9.17, 15) is 28.3 Å². The summed E-state index contributed by atoms with van der Waals surface area (Å²) in [5, 5.41) is 11.5. The van der Waals surface area contributed by atoms with Crippen LogP contribution in [0.3, 0.4) is 0 Å². The number of nitrogens with one attached hydrogen (secondary N) is 1. The molecule has 33 heavy (non-hydrogen) atoms. The lowest BCUT2D eigenvalue weighted by molar-refractivity contribution is -0.148. The number of halogens is 2. The predicted octanol–water partition coefficient (Wildman–Crippen LogP) is 3.54. The fourth-order valence-corrected chi connectivity index (χ4v) is 5.40. The van der Waals surface area contributed by atoms with E-state index in [0.717, 1.165) is 27.2 Å². The van der Waals surface area contributed by atoms with E-state index in [0.29, 0.717) is 0 Å². The first kappa shape index (κ1) is 23.0. The molecule has 4 rings (SSSR count). The van der Waals surface area contributed by atoms with Crippen molar-refractivity contribution in [2.45, 2.75) is 30.8 Å². The Morgan fingerprint density at radius 1 is 1.09 bits per heavy atom. The van der Waals surface area contributed by atoms with Gasteiger partial charge in [-0.25, -0.2) is 18.4 Å². The number of ether oxygens (including phenoxy) is 1. The normalized spacial score (nSPS) is 18.0. The monoisotopic (exact) mass is 476 g/mol. The molecule has 10 heteroatoms. The summed E-state index contributed by atoms with van der Waals surface area (Å²) in [5.74, 6) is -2.08. The number of alkyl carbamates (subject to hydrolysis) is 1. The Labute approximate surface area is 193 Å². The first-order valence-electron chi connectivity index (χ1n) is 10.4. The molecule has 2 aromatic carbocycles. The zero-order valence-corrected chi connectivity index (χ0v) is 18.3. The van der Waals surface area contributed by atoms with Crippen molar-refractivity contribution in [3.05, 3.63) is 59.7 Å². The number of carboxylic acid groups (broad SMARTS) is 1. The average Bonchev–Trinajstić information content (AvgIpc) is 3.40. The van der Waals surface area contributed by atoms with Crippen LogP contribution in [-0.2, 0) is 14.3 Å². The lowest BCUT2D eigenvalue weighted by atomic mass is 9.98. The lowest BCUT2D eigenvalue weighted by Crippen LogP contribution is -2.52. The summed E-state index contributed by atoms with van der Waals surface area (Å²) in [6.45, 7) is -0.0350. The molecule has 2 amide bonds. The number of hydrogen-bond acceptors (Lipinski definition) is 5. The van der Waals surface area contributed by atoms with Gasteiger partial charge in [0.15, 0.2) is 0 Å². The van der Waals surface area contributed by atoms with Crippen LogP contribution < -0.4 is 5.32 Å². The standard InChI is InChI=1S/C23H22F2N2O5S/c24-20(25)9-18(21(28)27-12-33-11-19(27)22(29)30)26-23(31)32-10-17-15-7-3-1-5-13(15)14-6-2-4-8-16(14)17/h1-8,17-20H,9-12H2,(H,26,31)(H,29,30). The van der Waals surface area contributed by atoms with Gasteiger partial charge in [0.25, 0.3) is 0 Å². The molecule has 2 unspecified atom stereocenters. The first-order chi connectivity index (χ1) is 15.9. The van der Waals surface area contributed by atoms with E-state index >= 15 is 0 Å². The summed E-state index contributed by atoms with van der Waals surface area (Å²) in [4.78, 5) is 37.6. The molecule has 1 aliphatic heterocycles. The Kier molecular flexibility index (Phi) is 6.83. The van der Waals surface area contributed by atoms with Gasteiger partial charge in [0.1, 0.15) is 18.7 Å². The largest absolute Gasteiger partial charge is 0.480 e. The maximum absolute atomic E-state index is 13.1. The molecule has 2 aromatic rings. The Bertz CT molecular complexity index is 1020. The van der Waals surface area contributed by atoms with E-state index in [2.05, 4.69) is 5.32 Å². The molecule has 2 N–H and O–H groups in total. The highest BCUT2D eigenvalue weighted by Gasteiger charge is 2.39. The van der Waals surface area contributed by atoms with Gasteiger partial charge < -0.3 is 20.1 Å². The quantitative estimate of drug-likeness (QED) is 0.635. The zero-order valence-electron chi connectivity index (χ0n) is 17.4. The number of carbonyl (C=O) groups is 3. The SMILES string of the molecule is O=C(NC(CC(F)F)C(=O)N1CSCC1C(=O)O)OCC1c2ccccc2-c2ccccc21. The van der Waals surface area contributed by atoms with E-state index in [1.807, 2.05) is 48.5 Å². The van der Waals surface area contributed by atoms with Gasteiger partial charge in [-0.15, -0.1) is 11.8 Å². The van der Waals surface area contributed by atoms with Crippen molar-refractivity contribution < 1.29 is 33.0 Å². The fourth-order valence-electron chi connectivity index (χ4n) is 4.25. The van der Waals surface area contributed by atoms with Crippen LogP contribution in [0.1, 0.15) is 23.5 Å². The second kappa shape index (κ2) is 9.78. The molecule has 2 atom stereocenters. The van der Waals surface area contributed by atoms with Crippen LogP contribution in [0.15, 0.2) is 48.5 Å². The average molecular weight is 477 g/mol. The summed E-state index contributed by atoms with van der Waals surface area (Å²) in [7, 11) is 0.